The number of hydrogen-bond donors (Lipinski definition) is 1. The molecule has 0 saturated carbocycles. The molecule has 206 valence electrons. The number of hydrogen-bond acceptors (Lipinski definition) is 5. The first-order valence-electron chi connectivity index (χ1n) is 13.9. The molecule has 0 unspecified atom stereocenters. The molecule has 1 saturated heterocycles. The summed E-state index contributed by atoms with van der Waals surface area (Å²) in [6.07, 6.45) is 17.0. The van der Waals surface area contributed by atoms with Gasteiger partial charge in [0.05, 0.1) is 11.1 Å². The highest BCUT2D eigenvalue weighted by molar-refractivity contribution is 6.31. The van der Waals surface area contributed by atoms with Crippen LogP contribution in [0.3, 0.4) is 0 Å². The molecule has 0 radical (unpaired) electrons. The summed E-state index contributed by atoms with van der Waals surface area (Å²) >= 11 is 6.18. The Kier molecular flexibility index (Phi) is 8.36. The number of benzene rings is 1. The number of nitrogens with zero attached hydrogens (tertiary/aromatic N) is 4. The van der Waals surface area contributed by atoms with Gasteiger partial charge in [0.15, 0.2) is 5.82 Å². The second kappa shape index (κ2) is 12.1. The summed E-state index contributed by atoms with van der Waals surface area (Å²) in [5, 5.41) is 4.77. The molecular weight excluding hydrogens is 518 g/mol. The van der Waals surface area contributed by atoms with Crippen LogP contribution in [0.25, 0.3) is 16.5 Å². The molecular formula is C33H36ClN5O. The van der Waals surface area contributed by atoms with Crippen molar-refractivity contribution in [2.75, 3.05) is 31.1 Å². The van der Waals surface area contributed by atoms with E-state index in [0.717, 1.165) is 89.6 Å². The van der Waals surface area contributed by atoms with Crippen molar-refractivity contribution >= 4 is 39.7 Å². The molecule has 3 heterocycles. The van der Waals surface area contributed by atoms with Gasteiger partial charge < -0.3 is 15.1 Å². The Bertz CT molecular complexity index is 1540. The van der Waals surface area contributed by atoms with E-state index in [1.165, 1.54) is 5.70 Å². The molecule has 40 heavy (non-hydrogen) atoms. The summed E-state index contributed by atoms with van der Waals surface area (Å²) in [6.45, 7) is 13.8. The number of halogens is 1. The Morgan fingerprint density at radius 2 is 1.95 bits per heavy atom. The molecule has 1 aromatic heterocycles. The first-order valence-corrected chi connectivity index (χ1v) is 14.3. The van der Waals surface area contributed by atoms with Crippen LogP contribution >= 0.6 is 11.6 Å². The zero-order valence-corrected chi connectivity index (χ0v) is 24.3. The summed E-state index contributed by atoms with van der Waals surface area (Å²) in [5.41, 5.74) is 6.95. The maximum atomic E-state index is 13.1. The van der Waals surface area contributed by atoms with Gasteiger partial charge in [-0.15, -0.1) is 0 Å². The molecule has 0 bridgehead atoms. The summed E-state index contributed by atoms with van der Waals surface area (Å²) in [6, 6.07) is 6.40. The SMILES string of the molecule is C=C(C)C1=C(c2nc(C)c3ccc(N4CCCN(C5=CC=CC(Cl)=CCC5)CC4)cc3n2)C(=O)NC1=CC=CC. The minimum atomic E-state index is -0.201. The number of aryl methyl sites for hydroxylation is 1. The molecule has 6 nitrogen and oxygen atoms in total. The van der Waals surface area contributed by atoms with Crippen LogP contribution in [0.1, 0.15) is 44.6 Å². The molecule has 2 aliphatic heterocycles. The number of nitrogens with one attached hydrogen (secondary N) is 1. The lowest BCUT2D eigenvalue weighted by atomic mass is 10.0. The van der Waals surface area contributed by atoms with Gasteiger partial charge in [-0.1, -0.05) is 42.5 Å². The largest absolute Gasteiger partial charge is 0.373 e. The Balaban J connectivity index is 1.44. The molecule has 0 spiro atoms. The van der Waals surface area contributed by atoms with Gasteiger partial charge >= 0.3 is 0 Å². The number of fused-ring (bicyclic) bond motifs is 1. The van der Waals surface area contributed by atoms with Crippen molar-refractivity contribution in [3.8, 4) is 0 Å². The number of carbonyl (C=O) groups excluding carboxylic acids is 1. The van der Waals surface area contributed by atoms with E-state index in [-0.39, 0.29) is 5.91 Å². The average molecular weight is 554 g/mol. The average Bonchev–Trinajstić information content (AvgIpc) is 3.07. The highest BCUT2D eigenvalue weighted by Crippen LogP contribution is 2.33. The van der Waals surface area contributed by atoms with Gasteiger partial charge in [0, 0.05) is 64.9 Å². The minimum Gasteiger partial charge on any atom is -0.373 e. The van der Waals surface area contributed by atoms with Crippen molar-refractivity contribution in [3.05, 3.63) is 106 Å². The Morgan fingerprint density at radius 3 is 2.75 bits per heavy atom. The quantitative estimate of drug-likeness (QED) is 0.445. The van der Waals surface area contributed by atoms with Crippen LogP contribution in [0.5, 0.6) is 0 Å². The second-order valence-electron chi connectivity index (χ2n) is 10.4. The van der Waals surface area contributed by atoms with Crippen LogP contribution in [0.2, 0.25) is 0 Å². The van der Waals surface area contributed by atoms with Crippen molar-refractivity contribution in [1.29, 1.82) is 0 Å². The number of allylic oxidation sites excluding steroid dienone is 10. The number of anilines is 1. The van der Waals surface area contributed by atoms with E-state index in [1.54, 1.807) is 0 Å². The molecule has 0 atom stereocenters. The van der Waals surface area contributed by atoms with E-state index in [1.807, 2.05) is 45.1 Å². The van der Waals surface area contributed by atoms with Crippen molar-refractivity contribution < 1.29 is 4.79 Å². The van der Waals surface area contributed by atoms with E-state index in [0.29, 0.717) is 11.4 Å². The van der Waals surface area contributed by atoms with Crippen molar-refractivity contribution in [2.45, 2.75) is 40.0 Å². The van der Waals surface area contributed by atoms with Crippen LogP contribution in [0.15, 0.2) is 94.9 Å². The van der Waals surface area contributed by atoms with E-state index in [4.69, 9.17) is 21.6 Å². The summed E-state index contributed by atoms with van der Waals surface area (Å²) in [7, 11) is 0. The zero-order valence-electron chi connectivity index (χ0n) is 23.5. The number of rotatable bonds is 5. The normalized spacial score (nSPS) is 19.6. The zero-order chi connectivity index (χ0) is 28.2. The molecule has 1 fully saturated rings. The van der Waals surface area contributed by atoms with E-state index < -0.39 is 0 Å². The molecule has 3 aliphatic rings. The van der Waals surface area contributed by atoms with E-state index >= 15 is 0 Å². The van der Waals surface area contributed by atoms with Gasteiger partial charge in [-0.05, 0) is 82.0 Å². The third-order valence-corrected chi connectivity index (χ3v) is 7.80. The standard InChI is InChI=1S/C33H36ClN5O/c1-5-6-14-28-30(22(2)3)31(33(40)37-28)32-35-23(4)27-16-15-26(21-29(27)36-32)39-18-9-17-38(19-20-39)25-12-7-10-24(34)11-8-13-25/h5-7,10-12,14-16,21H,2,8-9,13,17-20H2,1,3-4H3,(H,37,40). The van der Waals surface area contributed by atoms with Gasteiger partial charge in [-0.2, -0.15) is 0 Å². The minimum absolute atomic E-state index is 0.201. The number of carbonyl (C=O) groups is 1. The van der Waals surface area contributed by atoms with Crippen molar-refractivity contribution in [1.82, 2.24) is 20.2 Å². The lowest BCUT2D eigenvalue weighted by Gasteiger charge is -2.27. The molecule has 7 heteroatoms. The Hall–Kier alpha value is -3.90. The molecule has 1 N–H and O–H groups in total. The Labute approximate surface area is 241 Å². The topological polar surface area (TPSA) is 61.4 Å². The van der Waals surface area contributed by atoms with E-state index in [9.17, 15) is 4.79 Å². The fraction of sp³-hybridized carbons (Fsp3) is 0.303. The lowest BCUT2D eigenvalue weighted by Crippen LogP contribution is -2.30. The number of amides is 1. The van der Waals surface area contributed by atoms with Gasteiger partial charge in [0.25, 0.3) is 5.91 Å². The summed E-state index contributed by atoms with van der Waals surface area (Å²) < 4.78 is 0. The second-order valence-corrected chi connectivity index (χ2v) is 10.8. The lowest BCUT2D eigenvalue weighted by molar-refractivity contribution is -0.114. The smallest absolute Gasteiger partial charge is 0.260 e. The molecule has 1 aliphatic carbocycles. The highest BCUT2D eigenvalue weighted by Gasteiger charge is 2.31. The summed E-state index contributed by atoms with van der Waals surface area (Å²) in [4.78, 5) is 27.7. The van der Waals surface area contributed by atoms with Gasteiger partial charge in [-0.3, -0.25) is 4.79 Å². The number of aromatic nitrogens is 2. The van der Waals surface area contributed by atoms with Crippen molar-refractivity contribution in [2.24, 2.45) is 0 Å². The van der Waals surface area contributed by atoms with Crippen LogP contribution < -0.4 is 10.2 Å². The first kappa shape index (κ1) is 27.7. The highest BCUT2D eigenvalue weighted by atomic mass is 35.5. The molecule has 1 aromatic carbocycles. The third-order valence-electron chi connectivity index (χ3n) is 7.52. The maximum absolute atomic E-state index is 13.1. The fourth-order valence-corrected chi connectivity index (χ4v) is 5.72. The molecule has 1 amide bonds. The Morgan fingerprint density at radius 1 is 1.15 bits per heavy atom. The third kappa shape index (κ3) is 5.82. The predicted octanol–water partition coefficient (Wildman–Crippen LogP) is 6.73. The van der Waals surface area contributed by atoms with Gasteiger partial charge in [0.1, 0.15) is 0 Å². The first-order chi connectivity index (χ1) is 19.4. The molecule has 2 aromatic rings. The fourth-order valence-electron chi connectivity index (χ4n) is 5.54. The van der Waals surface area contributed by atoms with Crippen LogP contribution in [-0.4, -0.2) is 47.0 Å². The molecule has 5 rings (SSSR count). The maximum Gasteiger partial charge on any atom is 0.260 e. The van der Waals surface area contributed by atoms with E-state index in [2.05, 4.69) is 58.1 Å². The predicted molar refractivity (Wildman–Crippen MR) is 166 cm³/mol. The van der Waals surface area contributed by atoms with Crippen molar-refractivity contribution in [3.63, 3.8) is 0 Å². The van der Waals surface area contributed by atoms with Crippen LogP contribution in [0, 0.1) is 6.92 Å². The van der Waals surface area contributed by atoms with Gasteiger partial charge in [-0.25, -0.2) is 9.97 Å². The monoisotopic (exact) mass is 553 g/mol. The van der Waals surface area contributed by atoms with Crippen LogP contribution in [0.4, 0.5) is 5.69 Å². The van der Waals surface area contributed by atoms with Gasteiger partial charge in [0.2, 0.25) is 0 Å². The summed E-state index contributed by atoms with van der Waals surface area (Å²) in [5.74, 6) is 0.231. The van der Waals surface area contributed by atoms with Crippen LogP contribution in [-0.2, 0) is 4.79 Å².